The number of hydrogen-bond acceptors (Lipinski definition) is 7. The zero-order chi connectivity index (χ0) is 16.8. The van der Waals surface area contributed by atoms with Crippen molar-refractivity contribution in [3.05, 3.63) is 33.1 Å². The number of phosphoric acid groups is 1. The van der Waals surface area contributed by atoms with Gasteiger partial charge >= 0.3 is 13.5 Å². The monoisotopic (exact) mass is 338 g/mol. The average Bonchev–Trinajstić information content (AvgIpc) is 2.48. The molecule has 3 atom stereocenters. The molecule has 0 radical (unpaired) electrons. The Morgan fingerprint density at radius 3 is 2.64 bits per heavy atom. The maximum atomic E-state index is 11.7. The van der Waals surface area contributed by atoms with E-state index < -0.39 is 38.0 Å². The average molecular weight is 338 g/mol. The van der Waals surface area contributed by atoms with Crippen molar-refractivity contribution in [1.29, 1.82) is 0 Å². The van der Waals surface area contributed by atoms with E-state index >= 15 is 0 Å². The van der Waals surface area contributed by atoms with E-state index in [2.05, 4.69) is 4.52 Å². The molecule has 0 spiro atoms. The molecule has 0 saturated heterocycles. The highest BCUT2D eigenvalue weighted by Gasteiger charge is 2.23. The Labute approximate surface area is 125 Å². The summed E-state index contributed by atoms with van der Waals surface area (Å²) in [6, 6.07) is 1.11. The molecule has 0 aliphatic heterocycles. The number of aromatic amines is 1. The van der Waals surface area contributed by atoms with Gasteiger partial charge in [0.2, 0.25) is 0 Å². The molecule has 1 aromatic rings. The van der Waals surface area contributed by atoms with Crippen LogP contribution in [0, 0.1) is 0 Å². The molecular weight excluding hydrogens is 319 g/mol. The molecule has 3 N–H and O–H groups in total. The highest BCUT2D eigenvalue weighted by atomic mass is 31.2. The largest absolute Gasteiger partial charge is 0.472 e. The Bertz CT molecular complexity index is 627. The van der Waals surface area contributed by atoms with Crippen LogP contribution in [-0.2, 0) is 18.3 Å². The summed E-state index contributed by atoms with van der Waals surface area (Å²) in [4.78, 5) is 33.9. The minimum absolute atomic E-state index is 0.271. The fourth-order valence-corrected chi connectivity index (χ4v) is 2.02. The molecule has 0 aromatic carbocycles. The first-order chi connectivity index (χ1) is 10.3. The van der Waals surface area contributed by atoms with Crippen molar-refractivity contribution >= 4 is 7.82 Å². The van der Waals surface area contributed by atoms with E-state index in [1.807, 2.05) is 4.98 Å². The molecule has 0 bridgehead atoms. The van der Waals surface area contributed by atoms with Crippen LogP contribution in [0.2, 0.25) is 0 Å². The molecule has 126 valence electrons. The summed E-state index contributed by atoms with van der Waals surface area (Å²) in [6.45, 7) is 0.920. The number of nitrogens with one attached hydrogen (secondary N) is 1. The number of hydrogen-bond donors (Lipinski definition) is 3. The molecule has 0 saturated carbocycles. The van der Waals surface area contributed by atoms with Crippen LogP contribution in [0.3, 0.4) is 0 Å². The Morgan fingerprint density at radius 2 is 2.14 bits per heavy atom. The lowest BCUT2D eigenvalue weighted by Crippen LogP contribution is -2.36. The third-order valence-corrected chi connectivity index (χ3v) is 3.71. The Kier molecular flexibility index (Phi) is 7.14. The molecular formula is C11H19N2O8P. The van der Waals surface area contributed by atoms with Crippen LogP contribution in [0.25, 0.3) is 0 Å². The fraction of sp³-hybridized carbons (Fsp3) is 0.636. The minimum atomic E-state index is -4.14. The molecule has 2 unspecified atom stereocenters. The number of ether oxygens (including phenoxy) is 1. The van der Waals surface area contributed by atoms with Crippen molar-refractivity contribution in [2.75, 3.05) is 20.3 Å². The second-order valence-electron chi connectivity index (χ2n) is 4.27. The first kappa shape index (κ1) is 18.8. The summed E-state index contributed by atoms with van der Waals surface area (Å²) in [7, 11) is -3.11. The molecule has 11 heteroatoms. The van der Waals surface area contributed by atoms with E-state index in [1.54, 1.807) is 6.92 Å². The number of H-pyrrole nitrogens is 1. The summed E-state index contributed by atoms with van der Waals surface area (Å²) < 4.78 is 26.7. The maximum Gasteiger partial charge on any atom is 0.472 e. The highest BCUT2D eigenvalue weighted by Crippen LogP contribution is 2.42. The van der Waals surface area contributed by atoms with E-state index in [9.17, 15) is 19.3 Å². The highest BCUT2D eigenvalue weighted by molar-refractivity contribution is 7.47. The van der Waals surface area contributed by atoms with E-state index in [0.29, 0.717) is 6.42 Å². The Morgan fingerprint density at radius 1 is 1.45 bits per heavy atom. The van der Waals surface area contributed by atoms with Gasteiger partial charge in [0.05, 0.1) is 19.3 Å². The number of rotatable bonds is 9. The summed E-state index contributed by atoms with van der Waals surface area (Å²) >= 11 is 0. The van der Waals surface area contributed by atoms with Crippen molar-refractivity contribution in [3.63, 3.8) is 0 Å². The molecule has 1 rings (SSSR count). The van der Waals surface area contributed by atoms with Crippen molar-refractivity contribution in [1.82, 2.24) is 9.55 Å². The normalized spacial score (nSPS) is 16.9. The predicted molar refractivity (Wildman–Crippen MR) is 75.4 cm³/mol. The predicted octanol–water partition coefficient (Wildman–Crippen LogP) is -0.414. The van der Waals surface area contributed by atoms with Gasteiger partial charge in [-0.05, 0) is 6.42 Å². The number of aromatic nitrogens is 2. The van der Waals surface area contributed by atoms with Gasteiger partial charge in [-0.1, -0.05) is 6.92 Å². The van der Waals surface area contributed by atoms with E-state index in [-0.39, 0.29) is 6.61 Å². The topological polar surface area (TPSA) is 140 Å². The molecule has 0 fully saturated rings. The number of phosphoric ester groups is 1. The lowest BCUT2D eigenvalue weighted by Gasteiger charge is -2.24. The van der Waals surface area contributed by atoms with E-state index in [1.165, 1.54) is 6.20 Å². The molecule has 1 aromatic heterocycles. The van der Waals surface area contributed by atoms with Gasteiger partial charge in [0.1, 0.15) is 0 Å². The quantitative estimate of drug-likeness (QED) is 0.516. The maximum absolute atomic E-state index is 11.7. The third-order valence-electron chi connectivity index (χ3n) is 2.78. The number of nitrogens with zero attached hydrogens (tertiary/aromatic N) is 1. The lowest BCUT2D eigenvalue weighted by atomic mass is 10.3. The molecule has 22 heavy (non-hydrogen) atoms. The van der Waals surface area contributed by atoms with Gasteiger partial charge in [-0.3, -0.25) is 23.4 Å². The molecule has 0 aliphatic carbocycles. The van der Waals surface area contributed by atoms with Crippen LogP contribution >= 0.6 is 7.82 Å². The van der Waals surface area contributed by atoms with Crippen LogP contribution in [0.15, 0.2) is 21.9 Å². The van der Waals surface area contributed by atoms with Gasteiger partial charge in [-0.2, -0.15) is 0 Å². The van der Waals surface area contributed by atoms with Gasteiger partial charge in [0.15, 0.2) is 6.23 Å². The van der Waals surface area contributed by atoms with Crippen LogP contribution in [-0.4, -0.2) is 46.0 Å². The molecule has 0 amide bonds. The van der Waals surface area contributed by atoms with Crippen LogP contribution in [0.4, 0.5) is 0 Å². The van der Waals surface area contributed by atoms with Gasteiger partial charge in [0.25, 0.3) is 5.56 Å². The fourth-order valence-electron chi connectivity index (χ4n) is 1.56. The van der Waals surface area contributed by atoms with Gasteiger partial charge in [0, 0.05) is 19.4 Å². The Hall–Kier alpha value is -1.29. The minimum Gasteiger partial charge on any atom is -0.392 e. The van der Waals surface area contributed by atoms with Gasteiger partial charge in [-0.15, -0.1) is 0 Å². The van der Waals surface area contributed by atoms with Gasteiger partial charge in [-0.25, -0.2) is 9.36 Å². The van der Waals surface area contributed by atoms with Crippen LogP contribution in [0.1, 0.15) is 19.6 Å². The second kappa shape index (κ2) is 8.37. The van der Waals surface area contributed by atoms with Crippen LogP contribution in [0.5, 0.6) is 0 Å². The third kappa shape index (κ3) is 5.48. The van der Waals surface area contributed by atoms with Gasteiger partial charge < -0.3 is 14.7 Å². The molecule has 1 heterocycles. The zero-order valence-electron chi connectivity index (χ0n) is 12.2. The smallest absolute Gasteiger partial charge is 0.392 e. The van der Waals surface area contributed by atoms with Crippen molar-refractivity contribution in [2.24, 2.45) is 0 Å². The summed E-state index contributed by atoms with van der Waals surface area (Å²) in [5.74, 6) is 0. The molecule has 0 aliphatic rings. The van der Waals surface area contributed by atoms with E-state index in [4.69, 9.17) is 14.2 Å². The Balaban J connectivity index is 2.80. The van der Waals surface area contributed by atoms with E-state index in [0.717, 1.165) is 17.7 Å². The number of aliphatic hydroxyl groups excluding tert-OH is 1. The summed E-state index contributed by atoms with van der Waals surface area (Å²) in [6.07, 6.45) is -0.176. The second-order valence-corrected chi connectivity index (χ2v) is 5.83. The SMILES string of the molecule is CC[C@H](COP(=O)(O)OC)OC(CO)n1ccc(=O)[nH]c1=O. The van der Waals surface area contributed by atoms with Crippen molar-refractivity contribution in [2.45, 2.75) is 25.7 Å². The van der Waals surface area contributed by atoms with Crippen molar-refractivity contribution in [3.8, 4) is 0 Å². The lowest BCUT2D eigenvalue weighted by molar-refractivity contribution is -0.0982. The first-order valence-corrected chi connectivity index (χ1v) is 7.93. The summed E-state index contributed by atoms with van der Waals surface area (Å²) in [5, 5.41) is 9.35. The first-order valence-electron chi connectivity index (χ1n) is 6.43. The molecule has 10 nitrogen and oxygen atoms in total. The zero-order valence-corrected chi connectivity index (χ0v) is 13.1. The van der Waals surface area contributed by atoms with Crippen LogP contribution < -0.4 is 11.2 Å². The number of aliphatic hydroxyl groups is 1. The van der Waals surface area contributed by atoms with Crippen molar-refractivity contribution < 1.29 is 28.3 Å². The standard InChI is InChI=1S/C11H19N2O8P/c1-3-8(7-20-22(17,18)19-2)21-10(6-14)13-5-4-9(15)12-11(13)16/h4-5,8,10,14H,3,6-7H2,1-2H3,(H,17,18)(H,12,15,16)/t8-,10?/m1/s1. The summed E-state index contributed by atoms with van der Waals surface area (Å²) in [5.41, 5.74) is -1.32.